The molecule has 0 atom stereocenters. The van der Waals surface area contributed by atoms with E-state index in [4.69, 9.17) is 17.1 Å². The molecule has 0 fully saturated rings. The van der Waals surface area contributed by atoms with E-state index in [2.05, 4.69) is 10.0 Å². The average molecular weight is 279 g/mol. The summed E-state index contributed by atoms with van der Waals surface area (Å²) >= 11 is 5.82. The Balaban J connectivity index is 2.08. The zero-order valence-corrected chi connectivity index (χ0v) is 10.8. The van der Waals surface area contributed by atoms with Crippen LogP contribution in [0.4, 0.5) is 5.69 Å². The van der Waals surface area contributed by atoms with Crippen molar-refractivity contribution in [2.75, 3.05) is 18.0 Å². The van der Waals surface area contributed by atoms with Crippen molar-refractivity contribution in [2.24, 2.45) is 5.11 Å². The number of azide groups is 1. The second kappa shape index (κ2) is 5.73. The Hall–Kier alpha value is -2.04. The molecule has 0 aromatic heterocycles. The molecule has 1 aliphatic rings. The number of hydrogen-bond donors (Lipinski definition) is 0. The molecule has 0 radical (unpaired) electrons. The van der Waals surface area contributed by atoms with E-state index in [0.717, 1.165) is 0 Å². The fraction of sp³-hybridized carbons (Fsp3) is 0.333. The van der Waals surface area contributed by atoms with Gasteiger partial charge in [0, 0.05) is 23.0 Å². The van der Waals surface area contributed by atoms with Crippen molar-refractivity contribution in [3.8, 4) is 0 Å². The first-order valence-corrected chi connectivity index (χ1v) is 6.19. The number of carbonyl (C=O) groups is 2. The predicted molar refractivity (Wildman–Crippen MR) is 71.4 cm³/mol. The molecular weight excluding hydrogens is 268 g/mol. The molecular formula is C12H11ClN4O2. The van der Waals surface area contributed by atoms with Crippen LogP contribution in [0.2, 0.25) is 5.02 Å². The summed E-state index contributed by atoms with van der Waals surface area (Å²) in [4.78, 5) is 27.7. The van der Waals surface area contributed by atoms with Gasteiger partial charge in [-0.25, -0.2) is 0 Å². The highest BCUT2D eigenvalue weighted by atomic mass is 35.5. The molecule has 6 nitrogen and oxygen atoms in total. The fourth-order valence-electron chi connectivity index (χ4n) is 1.99. The normalized spacial score (nSPS) is 13.4. The highest BCUT2D eigenvalue weighted by Crippen LogP contribution is 2.31. The molecule has 0 saturated carbocycles. The number of hydrogen-bond acceptors (Lipinski definition) is 3. The van der Waals surface area contributed by atoms with E-state index in [1.165, 1.54) is 11.0 Å². The molecule has 2 rings (SSSR count). The van der Waals surface area contributed by atoms with Crippen LogP contribution in [0.25, 0.3) is 10.4 Å². The maximum Gasteiger partial charge on any atom is 0.299 e. The third-order valence-electron chi connectivity index (χ3n) is 2.89. The Kier molecular flexibility index (Phi) is 4.04. The van der Waals surface area contributed by atoms with Gasteiger partial charge in [0.05, 0.1) is 11.3 Å². The Morgan fingerprint density at radius 2 is 2.11 bits per heavy atom. The van der Waals surface area contributed by atoms with Gasteiger partial charge in [-0.2, -0.15) is 0 Å². The van der Waals surface area contributed by atoms with Crippen LogP contribution in [-0.2, 0) is 4.79 Å². The van der Waals surface area contributed by atoms with Crippen molar-refractivity contribution in [3.63, 3.8) is 0 Å². The minimum absolute atomic E-state index is 0.354. The standard InChI is InChI=1S/C12H11ClN4O2/c13-8-3-4-10-9(7-8)11(18)12(19)17(10)6-2-1-5-15-16-14/h3-4,7H,1-2,5-6H2. The molecule has 0 aliphatic carbocycles. The first kappa shape index (κ1) is 13.4. The Morgan fingerprint density at radius 3 is 2.84 bits per heavy atom. The topological polar surface area (TPSA) is 86.1 Å². The Bertz CT molecular complexity index is 581. The van der Waals surface area contributed by atoms with Crippen LogP contribution in [0.3, 0.4) is 0 Å². The van der Waals surface area contributed by atoms with Gasteiger partial charge in [-0.15, -0.1) is 0 Å². The van der Waals surface area contributed by atoms with Crippen LogP contribution in [0.1, 0.15) is 23.2 Å². The SMILES string of the molecule is [N-]=[N+]=NCCCCN1C(=O)C(=O)c2cc(Cl)ccc21. The summed E-state index contributed by atoms with van der Waals surface area (Å²) in [6.07, 6.45) is 1.34. The number of nitrogens with zero attached hydrogens (tertiary/aromatic N) is 4. The lowest BCUT2D eigenvalue weighted by Gasteiger charge is -2.15. The van der Waals surface area contributed by atoms with E-state index in [0.29, 0.717) is 42.2 Å². The average Bonchev–Trinajstić information content (AvgIpc) is 2.63. The van der Waals surface area contributed by atoms with E-state index >= 15 is 0 Å². The number of fused-ring (bicyclic) bond motifs is 1. The maximum atomic E-state index is 11.8. The van der Waals surface area contributed by atoms with E-state index in [-0.39, 0.29) is 0 Å². The smallest absolute Gasteiger partial charge is 0.299 e. The molecule has 1 aromatic carbocycles. The zero-order chi connectivity index (χ0) is 13.8. The lowest BCUT2D eigenvalue weighted by atomic mass is 10.1. The van der Waals surface area contributed by atoms with Crippen molar-refractivity contribution < 1.29 is 9.59 Å². The number of anilines is 1. The summed E-state index contributed by atoms with van der Waals surface area (Å²) in [5, 5.41) is 3.85. The van der Waals surface area contributed by atoms with Crippen LogP contribution in [0, 0.1) is 0 Å². The molecule has 7 heteroatoms. The zero-order valence-electron chi connectivity index (χ0n) is 10.0. The highest BCUT2D eigenvalue weighted by molar-refractivity contribution is 6.52. The largest absolute Gasteiger partial charge is 0.305 e. The fourth-order valence-corrected chi connectivity index (χ4v) is 2.16. The number of halogens is 1. The minimum atomic E-state index is -0.527. The van der Waals surface area contributed by atoms with Crippen LogP contribution >= 0.6 is 11.6 Å². The Labute approximate surface area is 114 Å². The van der Waals surface area contributed by atoms with E-state index in [1.807, 2.05) is 0 Å². The van der Waals surface area contributed by atoms with Gasteiger partial charge in [0.2, 0.25) is 0 Å². The number of Topliss-reactive ketones (excluding diaryl/α,β-unsaturated/α-hetero) is 1. The minimum Gasteiger partial charge on any atom is -0.305 e. The van der Waals surface area contributed by atoms with Gasteiger partial charge in [-0.05, 0) is 36.6 Å². The molecule has 1 aliphatic heterocycles. The van der Waals surface area contributed by atoms with E-state index < -0.39 is 11.7 Å². The van der Waals surface area contributed by atoms with Crippen molar-refractivity contribution in [1.82, 2.24) is 0 Å². The molecule has 0 bridgehead atoms. The predicted octanol–water partition coefficient (Wildman–Crippen LogP) is 2.96. The number of carbonyl (C=O) groups excluding carboxylic acids is 2. The number of rotatable bonds is 5. The number of ketones is 1. The highest BCUT2D eigenvalue weighted by Gasteiger charge is 2.35. The molecule has 0 spiro atoms. The van der Waals surface area contributed by atoms with Gasteiger partial charge in [0.1, 0.15) is 0 Å². The summed E-state index contributed by atoms with van der Waals surface area (Å²) in [7, 11) is 0. The molecule has 1 heterocycles. The first-order chi connectivity index (χ1) is 9.15. The third kappa shape index (κ3) is 2.70. The first-order valence-electron chi connectivity index (χ1n) is 5.81. The van der Waals surface area contributed by atoms with Crippen molar-refractivity contribution in [3.05, 3.63) is 39.2 Å². The lowest BCUT2D eigenvalue weighted by Crippen LogP contribution is -2.30. The quantitative estimate of drug-likeness (QED) is 0.272. The summed E-state index contributed by atoms with van der Waals surface area (Å²) in [5.74, 6) is -1.05. The Morgan fingerprint density at radius 1 is 1.32 bits per heavy atom. The van der Waals surface area contributed by atoms with Crippen molar-refractivity contribution in [2.45, 2.75) is 12.8 Å². The number of benzene rings is 1. The molecule has 0 unspecified atom stereocenters. The number of amides is 1. The summed E-state index contributed by atoms with van der Waals surface area (Å²) < 4.78 is 0. The van der Waals surface area contributed by atoms with Crippen LogP contribution in [-0.4, -0.2) is 24.8 Å². The molecule has 98 valence electrons. The summed E-state index contributed by atoms with van der Waals surface area (Å²) in [6, 6.07) is 4.84. The second-order valence-corrected chi connectivity index (χ2v) is 4.55. The molecule has 1 aromatic rings. The molecule has 0 saturated heterocycles. The van der Waals surface area contributed by atoms with Crippen LogP contribution in [0.5, 0.6) is 0 Å². The van der Waals surface area contributed by atoms with Gasteiger partial charge in [-0.3, -0.25) is 9.59 Å². The van der Waals surface area contributed by atoms with Crippen molar-refractivity contribution >= 4 is 29.0 Å². The summed E-state index contributed by atoms with van der Waals surface area (Å²) in [5.41, 5.74) is 9.10. The van der Waals surface area contributed by atoms with E-state index in [1.54, 1.807) is 12.1 Å². The molecule has 1 amide bonds. The van der Waals surface area contributed by atoms with Crippen LogP contribution in [0.15, 0.2) is 23.3 Å². The third-order valence-corrected chi connectivity index (χ3v) is 3.12. The monoisotopic (exact) mass is 278 g/mol. The van der Waals surface area contributed by atoms with Gasteiger partial charge in [0.15, 0.2) is 0 Å². The van der Waals surface area contributed by atoms with Crippen LogP contribution < -0.4 is 4.90 Å². The number of unbranched alkanes of at least 4 members (excludes halogenated alkanes) is 1. The van der Waals surface area contributed by atoms with Gasteiger partial charge in [0.25, 0.3) is 11.7 Å². The van der Waals surface area contributed by atoms with Crippen molar-refractivity contribution in [1.29, 1.82) is 0 Å². The van der Waals surface area contributed by atoms with Gasteiger partial charge >= 0.3 is 0 Å². The molecule has 0 N–H and O–H groups in total. The lowest BCUT2D eigenvalue weighted by molar-refractivity contribution is -0.114. The van der Waals surface area contributed by atoms with Gasteiger partial charge in [-0.1, -0.05) is 16.7 Å². The molecule has 19 heavy (non-hydrogen) atoms. The second-order valence-electron chi connectivity index (χ2n) is 4.11. The van der Waals surface area contributed by atoms with E-state index in [9.17, 15) is 9.59 Å². The van der Waals surface area contributed by atoms with Gasteiger partial charge < -0.3 is 4.90 Å². The maximum absolute atomic E-state index is 11.8. The summed E-state index contributed by atoms with van der Waals surface area (Å²) in [6.45, 7) is 0.820.